The molecule has 0 heterocycles. The lowest BCUT2D eigenvalue weighted by atomic mass is 10.0. The summed E-state index contributed by atoms with van der Waals surface area (Å²) in [4.78, 5) is 11.6. The van der Waals surface area contributed by atoms with Gasteiger partial charge < -0.3 is 14.2 Å². The minimum atomic E-state index is -0.740. The molecule has 4 nitrogen and oxygen atoms in total. The van der Waals surface area contributed by atoms with E-state index in [1.165, 1.54) is 7.11 Å². The molecule has 0 bridgehead atoms. The molecule has 0 spiro atoms. The molecule has 0 aromatic heterocycles. The lowest BCUT2D eigenvalue weighted by Gasteiger charge is -2.16. The first-order valence-electron chi connectivity index (χ1n) is 8.51. The molecule has 2 aromatic rings. The maximum absolute atomic E-state index is 11.6. The van der Waals surface area contributed by atoms with E-state index in [1.807, 2.05) is 18.2 Å². The van der Waals surface area contributed by atoms with Gasteiger partial charge in [-0.3, -0.25) is 0 Å². The second-order valence-corrected chi connectivity index (χ2v) is 7.43. The van der Waals surface area contributed by atoms with Crippen molar-refractivity contribution in [1.82, 2.24) is 0 Å². The third-order valence-corrected chi connectivity index (χ3v) is 5.37. The number of carbonyl (C=O) groups excluding carboxylic acids is 1. The van der Waals surface area contributed by atoms with Gasteiger partial charge in [0.2, 0.25) is 0 Å². The summed E-state index contributed by atoms with van der Waals surface area (Å²) in [5.74, 6) is 1.61. The fraction of sp³-hybridized carbons (Fsp3) is 0.350. The van der Waals surface area contributed by atoms with Crippen LogP contribution in [-0.2, 0) is 17.8 Å². The summed E-state index contributed by atoms with van der Waals surface area (Å²) >= 11 is 9.84. The van der Waals surface area contributed by atoms with Crippen molar-refractivity contribution in [3.05, 3.63) is 56.5 Å². The van der Waals surface area contributed by atoms with Crippen LogP contribution in [0.15, 0.2) is 34.8 Å². The van der Waals surface area contributed by atoms with E-state index in [0.717, 1.165) is 40.4 Å². The highest BCUT2D eigenvalue weighted by Crippen LogP contribution is 2.44. The van der Waals surface area contributed by atoms with E-state index >= 15 is 0 Å². The molecule has 26 heavy (non-hydrogen) atoms. The average molecular weight is 440 g/mol. The van der Waals surface area contributed by atoms with Crippen molar-refractivity contribution in [1.29, 1.82) is 0 Å². The highest BCUT2D eigenvalue weighted by Gasteiger charge is 2.28. The van der Waals surface area contributed by atoms with E-state index in [-0.39, 0.29) is 6.61 Å². The van der Waals surface area contributed by atoms with Crippen LogP contribution in [0.2, 0.25) is 5.02 Å². The predicted octanol–water partition coefficient (Wildman–Crippen LogP) is 6.27. The first-order valence-corrected chi connectivity index (χ1v) is 9.68. The van der Waals surface area contributed by atoms with Crippen LogP contribution in [0.1, 0.15) is 42.4 Å². The minimum Gasteiger partial charge on any atom is -0.488 e. The maximum Gasteiger partial charge on any atom is 0.513 e. The number of halogens is 2. The van der Waals surface area contributed by atoms with Gasteiger partial charge in [0.05, 0.1) is 11.6 Å². The Morgan fingerprint density at radius 3 is 2.69 bits per heavy atom. The summed E-state index contributed by atoms with van der Waals surface area (Å²) < 4.78 is 16.8. The van der Waals surface area contributed by atoms with Crippen molar-refractivity contribution in [3.8, 4) is 11.5 Å². The van der Waals surface area contributed by atoms with Crippen molar-refractivity contribution >= 4 is 33.7 Å². The Bertz CT molecular complexity index is 818. The smallest absolute Gasteiger partial charge is 0.488 e. The van der Waals surface area contributed by atoms with Gasteiger partial charge in [0, 0.05) is 16.7 Å². The summed E-state index contributed by atoms with van der Waals surface area (Å²) in [6.07, 6.45) is 2.38. The summed E-state index contributed by atoms with van der Waals surface area (Å²) in [5, 5.41) is 0.673. The predicted molar refractivity (Wildman–Crippen MR) is 104 cm³/mol. The average Bonchev–Trinajstić information content (AvgIpc) is 3.47. The van der Waals surface area contributed by atoms with Gasteiger partial charge in [-0.2, -0.15) is 0 Å². The van der Waals surface area contributed by atoms with Crippen molar-refractivity contribution < 1.29 is 19.0 Å². The molecule has 0 unspecified atom stereocenters. The number of benzene rings is 2. The molecule has 0 amide bonds. The zero-order valence-corrected chi connectivity index (χ0v) is 17.0. The Kier molecular flexibility index (Phi) is 6.09. The molecule has 1 fully saturated rings. The monoisotopic (exact) mass is 438 g/mol. The lowest BCUT2D eigenvalue weighted by Crippen LogP contribution is -2.11. The number of methoxy groups -OCH3 is 1. The van der Waals surface area contributed by atoms with Gasteiger partial charge in [-0.15, -0.1) is 0 Å². The number of carbonyl (C=O) groups is 1. The van der Waals surface area contributed by atoms with Crippen LogP contribution in [0.5, 0.6) is 11.5 Å². The van der Waals surface area contributed by atoms with Gasteiger partial charge in [-0.05, 0) is 64.4 Å². The maximum atomic E-state index is 11.6. The normalized spacial score (nSPS) is 13.4. The summed E-state index contributed by atoms with van der Waals surface area (Å²) in [6.45, 7) is 2.33. The molecule has 6 heteroatoms. The highest BCUT2D eigenvalue weighted by molar-refractivity contribution is 9.10. The fourth-order valence-electron chi connectivity index (χ4n) is 2.84. The van der Waals surface area contributed by atoms with Gasteiger partial charge in [0.1, 0.15) is 18.1 Å². The summed E-state index contributed by atoms with van der Waals surface area (Å²) in [7, 11) is 1.29. The van der Waals surface area contributed by atoms with Crippen LogP contribution in [0.4, 0.5) is 4.79 Å². The van der Waals surface area contributed by atoms with Gasteiger partial charge in [-0.25, -0.2) is 4.79 Å². The van der Waals surface area contributed by atoms with Crippen molar-refractivity contribution in [2.45, 2.75) is 38.7 Å². The largest absolute Gasteiger partial charge is 0.513 e. The van der Waals surface area contributed by atoms with Gasteiger partial charge >= 0.3 is 6.16 Å². The summed E-state index contributed by atoms with van der Waals surface area (Å²) in [6, 6.07) is 9.48. The van der Waals surface area contributed by atoms with Gasteiger partial charge in [0.25, 0.3) is 0 Å². The standard InChI is InChI=1S/C20H20BrClO4/c1-3-12-9-16(21)19(10-17(12)22)25-11-15-14(13-7-8-13)5-4-6-18(15)26-20(23)24-2/h4-6,9-10,13H,3,7-8,11H2,1-2H3. The number of rotatable bonds is 6. The lowest BCUT2D eigenvalue weighted by molar-refractivity contribution is 0.120. The Labute approximate surface area is 166 Å². The Morgan fingerprint density at radius 1 is 1.27 bits per heavy atom. The fourth-order valence-corrected chi connectivity index (χ4v) is 3.63. The van der Waals surface area contributed by atoms with E-state index in [2.05, 4.69) is 33.7 Å². The number of ether oxygens (including phenoxy) is 3. The quantitative estimate of drug-likeness (QED) is 0.393. The molecule has 0 N–H and O–H groups in total. The molecule has 1 saturated carbocycles. The van der Waals surface area contributed by atoms with Gasteiger partial charge in [-0.1, -0.05) is 30.7 Å². The molecule has 0 aliphatic heterocycles. The van der Waals surface area contributed by atoms with E-state index in [9.17, 15) is 4.79 Å². The number of hydrogen-bond donors (Lipinski definition) is 0. The molecule has 1 aliphatic carbocycles. The third kappa shape index (κ3) is 4.33. The van der Waals surface area contributed by atoms with Crippen molar-refractivity contribution in [3.63, 3.8) is 0 Å². The first kappa shape index (κ1) is 19.1. The van der Waals surface area contributed by atoms with Crippen LogP contribution in [0.25, 0.3) is 0 Å². The zero-order valence-electron chi connectivity index (χ0n) is 14.7. The van der Waals surface area contributed by atoms with Crippen LogP contribution >= 0.6 is 27.5 Å². The van der Waals surface area contributed by atoms with Crippen LogP contribution in [0, 0.1) is 0 Å². The second kappa shape index (κ2) is 8.31. The molecular formula is C20H20BrClO4. The second-order valence-electron chi connectivity index (χ2n) is 6.17. The van der Waals surface area contributed by atoms with E-state index in [0.29, 0.717) is 22.4 Å². The molecule has 0 atom stereocenters. The molecule has 0 radical (unpaired) electrons. The number of aryl methyl sites for hydroxylation is 1. The topological polar surface area (TPSA) is 44.8 Å². The third-order valence-electron chi connectivity index (χ3n) is 4.40. The molecule has 3 rings (SSSR count). The minimum absolute atomic E-state index is 0.277. The number of hydrogen-bond acceptors (Lipinski definition) is 4. The van der Waals surface area contributed by atoms with Crippen LogP contribution < -0.4 is 9.47 Å². The molecule has 2 aromatic carbocycles. The first-order chi connectivity index (χ1) is 12.5. The van der Waals surface area contributed by atoms with E-state index in [4.69, 9.17) is 21.1 Å². The van der Waals surface area contributed by atoms with E-state index in [1.54, 1.807) is 6.07 Å². The molecule has 0 saturated heterocycles. The SMILES string of the molecule is CCc1cc(Br)c(OCc2c(OC(=O)OC)cccc2C2CC2)cc1Cl. The molecule has 138 valence electrons. The molecule has 1 aliphatic rings. The van der Waals surface area contributed by atoms with E-state index < -0.39 is 6.16 Å². The van der Waals surface area contributed by atoms with Gasteiger partial charge in [0.15, 0.2) is 0 Å². The Hall–Kier alpha value is -1.72. The van der Waals surface area contributed by atoms with Crippen molar-refractivity contribution in [2.75, 3.05) is 7.11 Å². The zero-order chi connectivity index (χ0) is 18.7. The van der Waals surface area contributed by atoms with Crippen LogP contribution in [-0.4, -0.2) is 13.3 Å². The van der Waals surface area contributed by atoms with Crippen LogP contribution in [0.3, 0.4) is 0 Å². The van der Waals surface area contributed by atoms with Crippen molar-refractivity contribution in [2.24, 2.45) is 0 Å². The Morgan fingerprint density at radius 2 is 2.04 bits per heavy atom. The Balaban J connectivity index is 1.87. The summed E-state index contributed by atoms with van der Waals surface area (Å²) in [5.41, 5.74) is 3.07. The molecular weight excluding hydrogens is 420 g/mol. The highest BCUT2D eigenvalue weighted by atomic mass is 79.9.